The van der Waals surface area contributed by atoms with Gasteiger partial charge in [0.2, 0.25) is 0 Å². The standard InChI is InChI=1S/C29H34F2N2O5/c1-37-23-4-5-27-26(16-23)25(20(19-34)18-32-27)3-2-6-29(17-28(35)36)7-9-33(10-8-29)11-12-38-24-14-21(30)13-22(31)15-24/h4-5,13-16,18,34H,2-3,6-12,17,19H2,1H3,(H,35,36). The minimum absolute atomic E-state index is 0.109. The van der Waals surface area contributed by atoms with Crippen molar-refractivity contribution >= 4 is 16.9 Å². The quantitative estimate of drug-likeness (QED) is 0.343. The van der Waals surface area contributed by atoms with Crippen molar-refractivity contribution < 1.29 is 33.3 Å². The fraction of sp³-hybridized carbons (Fsp3) is 0.448. The number of carbonyl (C=O) groups is 1. The number of nitrogens with zero attached hydrogens (tertiary/aromatic N) is 2. The topological polar surface area (TPSA) is 92.1 Å². The summed E-state index contributed by atoms with van der Waals surface area (Å²) < 4.78 is 37.6. The first-order chi connectivity index (χ1) is 18.3. The molecular weight excluding hydrogens is 494 g/mol. The van der Waals surface area contributed by atoms with E-state index in [1.54, 1.807) is 13.3 Å². The number of hydrogen-bond acceptors (Lipinski definition) is 6. The van der Waals surface area contributed by atoms with E-state index in [4.69, 9.17) is 9.47 Å². The van der Waals surface area contributed by atoms with Gasteiger partial charge in [-0.25, -0.2) is 8.78 Å². The van der Waals surface area contributed by atoms with Gasteiger partial charge in [0.05, 0.1) is 25.7 Å². The van der Waals surface area contributed by atoms with E-state index in [1.165, 1.54) is 0 Å². The molecule has 1 aromatic heterocycles. The SMILES string of the molecule is COc1ccc2ncc(CO)c(CCCC3(CC(=O)O)CCN(CCOc4cc(F)cc(F)c4)CC3)c2c1. The monoisotopic (exact) mass is 528 g/mol. The van der Waals surface area contributed by atoms with E-state index in [2.05, 4.69) is 9.88 Å². The Morgan fingerprint density at radius 2 is 1.84 bits per heavy atom. The number of aryl methyl sites for hydroxylation is 1. The Hall–Kier alpha value is -3.30. The molecule has 0 saturated carbocycles. The molecule has 2 N–H and O–H groups in total. The van der Waals surface area contributed by atoms with E-state index >= 15 is 0 Å². The Balaban J connectivity index is 1.36. The molecule has 0 atom stereocenters. The van der Waals surface area contributed by atoms with Gasteiger partial charge in [-0.2, -0.15) is 0 Å². The van der Waals surface area contributed by atoms with Crippen LogP contribution in [0.1, 0.15) is 43.2 Å². The van der Waals surface area contributed by atoms with Crippen LogP contribution >= 0.6 is 0 Å². The zero-order valence-electron chi connectivity index (χ0n) is 21.6. The third-order valence-electron chi connectivity index (χ3n) is 7.54. The number of ether oxygens (including phenoxy) is 2. The highest BCUT2D eigenvalue weighted by Crippen LogP contribution is 2.40. The maximum Gasteiger partial charge on any atom is 0.303 e. The Labute approximate surface area is 221 Å². The number of pyridine rings is 1. The number of aliphatic hydroxyl groups is 1. The van der Waals surface area contributed by atoms with Gasteiger partial charge in [-0.15, -0.1) is 0 Å². The normalized spacial score (nSPS) is 15.5. The van der Waals surface area contributed by atoms with Crippen molar-refractivity contribution in [3.05, 3.63) is 65.4 Å². The average Bonchev–Trinajstić information content (AvgIpc) is 2.88. The summed E-state index contributed by atoms with van der Waals surface area (Å²) in [5.41, 5.74) is 2.31. The van der Waals surface area contributed by atoms with Crippen LogP contribution in [0.5, 0.6) is 11.5 Å². The number of carboxylic acids is 1. The van der Waals surface area contributed by atoms with Crippen molar-refractivity contribution in [3.8, 4) is 11.5 Å². The fourth-order valence-electron chi connectivity index (χ4n) is 5.46. The lowest BCUT2D eigenvalue weighted by atomic mass is 9.72. The van der Waals surface area contributed by atoms with Crippen LogP contribution in [0.4, 0.5) is 8.78 Å². The molecule has 0 unspecified atom stereocenters. The van der Waals surface area contributed by atoms with Crippen LogP contribution in [-0.4, -0.2) is 59.4 Å². The highest BCUT2D eigenvalue weighted by molar-refractivity contribution is 5.84. The lowest BCUT2D eigenvalue weighted by Crippen LogP contribution is -2.42. The zero-order chi connectivity index (χ0) is 27.1. The summed E-state index contributed by atoms with van der Waals surface area (Å²) in [6.45, 7) is 2.22. The predicted molar refractivity (Wildman–Crippen MR) is 139 cm³/mol. The minimum Gasteiger partial charge on any atom is -0.497 e. The average molecular weight is 529 g/mol. The molecule has 1 aliphatic heterocycles. The largest absolute Gasteiger partial charge is 0.497 e. The number of piperidine rings is 1. The molecule has 4 rings (SSSR count). The van der Waals surface area contributed by atoms with Crippen molar-refractivity contribution in [2.24, 2.45) is 5.41 Å². The zero-order valence-corrected chi connectivity index (χ0v) is 21.6. The van der Waals surface area contributed by atoms with Crippen molar-refractivity contribution in [2.75, 3.05) is 33.4 Å². The maximum atomic E-state index is 13.4. The van der Waals surface area contributed by atoms with Crippen LogP contribution in [0.25, 0.3) is 10.9 Å². The van der Waals surface area contributed by atoms with E-state index in [0.717, 1.165) is 84.8 Å². The molecule has 0 aliphatic carbocycles. The summed E-state index contributed by atoms with van der Waals surface area (Å²) in [5, 5.41) is 20.5. The number of hydrogen-bond donors (Lipinski definition) is 2. The number of likely N-dealkylation sites (tertiary alicyclic amines) is 1. The first-order valence-electron chi connectivity index (χ1n) is 12.9. The number of aromatic nitrogens is 1. The number of aliphatic hydroxyl groups excluding tert-OH is 1. The van der Waals surface area contributed by atoms with Gasteiger partial charge in [0, 0.05) is 36.3 Å². The van der Waals surface area contributed by atoms with Gasteiger partial charge < -0.3 is 19.7 Å². The molecule has 7 nitrogen and oxygen atoms in total. The van der Waals surface area contributed by atoms with Gasteiger partial charge in [-0.1, -0.05) is 0 Å². The Morgan fingerprint density at radius 1 is 1.11 bits per heavy atom. The fourth-order valence-corrected chi connectivity index (χ4v) is 5.46. The second-order valence-electron chi connectivity index (χ2n) is 10.0. The number of carboxylic acid groups (broad SMARTS) is 1. The predicted octanol–water partition coefficient (Wildman–Crippen LogP) is 4.97. The number of halogens is 2. The molecule has 0 spiro atoms. The molecule has 2 heterocycles. The van der Waals surface area contributed by atoms with E-state index in [1.807, 2.05) is 18.2 Å². The summed E-state index contributed by atoms with van der Waals surface area (Å²) in [5.74, 6) is -1.28. The lowest BCUT2D eigenvalue weighted by molar-refractivity contribution is -0.140. The lowest BCUT2D eigenvalue weighted by Gasteiger charge is -2.41. The van der Waals surface area contributed by atoms with E-state index in [0.29, 0.717) is 13.0 Å². The highest BCUT2D eigenvalue weighted by Gasteiger charge is 2.36. The van der Waals surface area contributed by atoms with Gasteiger partial charge in [0.25, 0.3) is 0 Å². The third-order valence-corrected chi connectivity index (χ3v) is 7.54. The van der Waals surface area contributed by atoms with Gasteiger partial charge in [-0.3, -0.25) is 14.7 Å². The van der Waals surface area contributed by atoms with Gasteiger partial charge in [0.1, 0.15) is 29.7 Å². The third kappa shape index (κ3) is 6.96. The van der Waals surface area contributed by atoms with E-state index in [9.17, 15) is 23.8 Å². The molecule has 3 aromatic rings. The van der Waals surface area contributed by atoms with Crippen molar-refractivity contribution in [1.82, 2.24) is 9.88 Å². The molecule has 1 aliphatic rings. The van der Waals surface area contributed by atoms with Crippen LogP contribution in [0, 0.1) is 17.0 Å². The molecule has 2 aromatic carbocycles. The van der Waals surface area contributed by atoms with E-state index < -0.39 is 17.6 Å². The molecule has 9 heteroatoms. The number of benzene rings is 2. The molecule has 1 saturated heterocycles. The number of aliphatic carboxylic acids is 1. The van der Waals surface area contributed by atoms with Crippen LogP contribution in [0.15, 0.2) is 42.6 Å². The summed E-state index contributed by atoms with van der Waals surface area (Å²) >= 11 is 0. The van der Waals surface area contributed by atoms with Crippen molar-refractivity contribution in [3.63, 3.8) is 0 Å². The smallest absolute Gasteiger partial charge is 0.303 e. The molecule has 38 heavy (non-hydrogen) atoms. The number of methoxy groups -OCH3 is 1. The summed E-state index contributed by atoms with van der Waals surface area (Å²) in [7, 11) is 1.61. The second kappa shape index (κ2) is 12.5. The molecule has 0 bridgehead atoms. The van der Waals surface area contributed by atoms with Crippen LogP contribution < -0.4 is 9.47 Å². The number of rotatable bonds is 12. The Morgan fingerprint density at radius 3 is 2.50 bits per heavy atom. The van der Waals surface area contributed by atoms with Crippen LogP contribution in [0.2, 0.25) is 0 Å². The second-order valence-corrected chi connectivity index (χ2v) is 10.0. The Bertz CT molecular complexity index is 1240. The molecule has 1 fully saturated rings. The van der Waals surface area contributed by atoms with Gasteiger partial charge >= 0.3 is 5.97 Å². The highest BCUT2D eigenvalue weighted by atomic mass is 19.1. The van der Waals surface area contributed by atoms with Crippen molar-refractivity contribution in [2.45, 2.75) is 45.1 Å². The first kappa shape index (κ1) is 27.7. The molecule has 204 valence electrons. The summed E-state index contributed by atoms with van der Waals surface area (Å²) in [4.78, 5) is 18.4. The summed E-state index contributed by atoms with van der Waals surface area (Å²) in [6, 6.07) is 8.80. The summed E-state index contributed by atoms with van der Waals surface area (Å²) in [6.07, 6.45) is 5.53. The minimum atomic E-state index is -0.801. The van der Waals surface area contributed by atoms with Crippen LogP contribution in [-0.2, 0) is 17.8 Å². The maximum absolute atomic E-state index is 13.4. The van der Waals surface area contributed by atoms with Crippen molar-refractivity contribution in [1.29, 1.82) is 0 Å². The Kier molecular flexibility index (Phi) is 9.12. The number of fused-ring (bicyclic) bond motifs is 1. The first-order valence-corrected chi connectivity index (χ1v) is 12.9. The van der Waals surface area contributed by atoms with Gasteiger partial charge in [0.15, 0.2) is 0 Å². The molecule has 0 radical (unpaired) electrons. The van der Waals surface area contributed by atoms with Crippen LogP contribution in [0.3, 0.4) is 0 Å². The molecular formula is C29H34F2N2O5. The van der Waals surface area contributed by atoms with Gasteiger partial charge in [-0.05, 0) is 79.9 Å². The van der Waals surface area contributed by atoms with E-state index in [-0.39, 0.29) is 30.8 Å². The molecule has 0 amide bonds.